The van der Waals surface area contributed by atoms with Crippen LogP contribution in [0, 0.1) is 10.8 Å². The molecule has 0 aromatic rings. The van der Waals surface area contributed by atoms with E-state index in [2.05, 4.69) is 60.4 Å². The maximum atomic E-state index is 4.02. The van der Waals surface area contributed by atoms with Crippen molar-refractivity contribution in [1.29, 1.82) is 0 Å². The molecule has 0 atom stereocenters. The van der Waals surface area contributed by atoms with E-state index >= 15 is 0 Å². The average molecular weight is 338 g/mol. The van der Waals surface area contributed by atoms with Crippen LogP contribution in [0.2, 0.25) is 0 Å². The summed E-state index contributed by atoms with van der Waals surface area (Å²) in [5, 5.41) is 3.51. The minimum absolute atomic E-state index is 0.494. The summed E-state index contributed by atoms with van der Waals surface area (Å²) < 4.78 is 0. The van der Waals surface area contributed by atoms with Gasteiger partial charge in [-0.2, -0.15) is 0 Å². The van der Waals surface area contributed by atoms with Gasteiger partial charge in [0, 0.05) is 6.04 Å². The summed E-state index contributed by atoms with van der Waals surface area (Å²) in [6, 6.07) is 0.625. The topological polar surface area (TPSA) is 12.0 Å². The number of hydrogen-bond donors (Lipinski definition) is 1. The van der Waals surface area contributed by atoms with E-state index in [1.165, 1.54) is 76.3 Å². The lowest BCUT2D eigenvalue weighted by Gasteiger charge is -2.29. The van der Waals surface area contributed by atoms with Crippen LogP contribution in [0.25, 0.3) is 0 Å². The summed E-state index contributed by atoms with van der Waals surface area (Å²) in [4.78, 5) is 0. The van der Waals surface area contributed by atoms with Crippen molar-refractivity contribution in [3.05, 3.63) is 12.2 Å². The molecule has 1 nitrogen and oxygen atoms in total. The molecule has 0 amide bonds. The van der Waals surface area contributed by atoms with E-state index in [1.54, 1.807) is 0 Å². The Morgan fingerprint density at radius 2 is 1.29 bits per heavy atom. The maximum absolute atomic E-state index is 4.02. The van der Waals surface area contributed by atoms with Gasteiger partial charge >= 0.3 is 0 Å². The molecule has 0 radical (unpaired) electrons. The molecule has 0 aliphatic heterocycles. The summed E-state index contributed by atoms with van der Waals surface area (Å²) in [5.41, 5.74) is 2.34. The molecule has 0 bridgehead atoms. The van der Waals surface area contributed by atoms with Crippen molar-refractivity contribution in [2.75, 3.05) is 6.54 Å². The predicted molar refractivity (Wildman–Crippen MR) is 112 cm³/mol. The molecule has 0 saturated heterocycles. The Hall–Kier alpha value is -0.300. The Bertz CT molecular complexity index is 325. The van der Waals surface area contributed by atoms with Crippen molar-refractivity contribution in [1.82, 2.24) is 5.32 Å². The number of nitrogens with one attached hydrogen (secondary N) is 1. The van der Waals surface area contributed by atoms with Gasteiger partial charge in [0.25, 0.3) is 0 Å². The Morgan fingerprint density at radius 1 is 0.792 bits per heavy atom. The van der Waals surface area contributed by atoms with Crippen LogP contribution in [0.3, 0.4) is 0 Å². The average Bonchev–Trinajstić information content (AvgIpc) is 2.41. The summed E-state index contributed by atoms with van der Waals surface area (Å²) >= 11 is 0. The van der Waals surface area contributed by atoms with Crippen molar-refractivity contribution >= 4 is 0 Å². The molecule has 0 fully saturated rings. The predicted octanol–water partition coefficient (Wildman–Crippen LogP) is 7.51. The molecule has 0 aromatic carbocycles. The molecule has 0 unspecified atom stereocenters. The monoisotopic (exact) mass is 337 g/mol. The molecule has 0 spiro atoms. The van der Waals surface area contributed by atoms with Crippen molar-refractivity contribution in [3.63, 3.8) is 0 Å². The highest BCUT2D eigenvalue weighted by Gasteiger charge is 2.21. The Kier molecular flexibility index (Phi) is 12.0. The Morgan fingerprint density at radius 3 is 1.79 bits per heavy atom. The van der Waals surface area contributed by atoms with Gasteiger partial charge in [-0.25, -0.2) is 0 Å². The van der Waals surface area contributed by atoms with E-state index in [0.717, 1.165) is 0 Å². The van der Waals surface area contributed by atoms with Gasteiger partial charge in [0.2, 0.25) is 0 Å². The second-order valence-corrected chi connectivity index (χ2v) is 9.91. The first kappa shape index (κ1) is 23.7. The summed E-state index contributed by atoms with van der Waals surface area (Å²) in [7, 11) is 0. The number of rotatable bonds is 15. The van der Waals surface area contributed by atoms with E-state index in [0.29, 0.717) is 16.9 Å². The number of hydrogen-bond acceptors (Lipinski definition) is 1. The SMILES string of the molecule is C=C(C)CCCC(C)(C)CCCC(C)(C)CCCCCNC(C)C. The third-order valence-electron chi connectivity index (χ3n) is 5.25. The fourth-order valence-corrected chi connectivity index (χ4v) is 3.46. The zero-order chi connectivity index (χ0) is 18.6. The van der Waals surface area contributed by atoms with E-state index in [-0.39, 0.29) is 0 Å². The smallest absolute Gasteiger partial charge is 0.00103 e. The van der Waals surface area contributed by atoms with Gasteiger partial charge in [-0.15, -0.1) is 6.58 Å². The highest BCUT2D eigenvalue weighted by molar-refractivity contribution is 4.88. The fourth-order valence-electron chi connectivity index (χ4n) is 3.46. The van der Waals surface area contributed by atoms with Crippen molar-refractivity contribution in [3.8, 4) is 0 Å². The van der Waals surface area contributed by atoms with Crippen LogP contribution in [-0.2, 0) is 0 Å². The van der Waals surface area contributed by atoms with Gasteiger partial charge in [0.05, 0.1) is 0 Å². The Balaban J connectivity index is 3.80. The molecule has 0 aliphatic rings. The van der Waals surface area contributed by atoms with E-state index < -0.39 is 0 Å². The third kappa shape index (κ3) is 15.2. The Labute approximate surface area is 154 Å². The van der Waals surface area contributed by atoms with Gasteiger partial charge in [0.15, 0.2) is 0 Å². The van der Waals surface area contributed by atoms with Crippen LogP contribution in [0.1, 0.15) is 113 Å². The molecule has 0 rings (SSSR count). The molecule has 24 heavy (non-hydrogen) atoms. The van der Waals surface area contributed by atoms with E-state index in [9.17, 15) is 0 Å². The van der Waals surface area contributed by atoms with Crippen molar-refractivity contribution in [2.24, 2.45) is 10.8 Å². The van der Waals surface area contributed by atoms with Crippen LogP contribution in [0.4, 0.5) is 0 Å². The minimum Gasteiger partial charge on any atom is -0.315 e. The van der Waals surface area contributed by atoms with Crippen molar-refractivity contribution < 1.29 is 0 Å². The summed E-state index contributed by atoms with van der Waals surface area (Å²) in [6.07, 6.45) is 13.4. The highest BCUT2D eigenvalue weighted by atomic mass is 14.9. The first-order valence-corrected chi connectivity index (χ1v) is 10.4. The van der Waals surface area contributed by atoms with Crippen LogP contribution >= 0.6 is 0 Å². The molecular weight excluding hydrogens is 290 g/mol. The fraction of sp³-hybridized carbons (Fsp3) is 0.913. The van der Waals surface area contributed by atoms with Gasteiger partial charge < -0.3 is 5.32 Å². The van der Waals surface area contributed by atoms with Crippen LogP contribution < -0.4 is 5.32 Å². The largest absolute Gasteiger partial charge is 0.315 e. The lowest BCUT2D eigenvalue weighted by atomic mass is 9.77. The summed E-state index contributed by atoms with van der Waals surface area (Å²) in [6.45, 7) is 21.6. The third-order valence-corrected chi connectivity index (χ3v) is 5.25. The van der Waals surface area contributed by atoms with Gasteiger partial charge in [-0.3, -0.25) is 0 Å². The quantitative estimate of drug-likeness (QED) is 0.241. The number of allylic oxidation sites excluding steroid dienone is 1. The second kappa shape index (κ2) is 12.1. The van der Waals surface area contributed by atoms with Crippen molar-refractivity contribution in [2.45, 2.75) is 119 Å². The lowest BCUT2D eigenvalue weighted by molar-refractivity contribution is 0.237. The zero-order valence-electron chi connectivity index (χ0n) is 18.1. The van der Waals surface area contributed by atoms with Crippen LogP contribution in [0.15, 0.2) is 12.2 Å². The maximum Gasteiger partial charge on any atom is 0.00103 e. The molecular formula is C23H47N. The lowest BCUT2D eigenvalue weighted by Crippen LogP contribution is -2.23. The summed E-state index contributed by atoms with van der Waals surface area (Å²) in [5.74, 6) is 0. The van der Waals surface area contributed by atoms with Gasteiger partial charge in [-0.1, -0.05) is 66.4 Å². The van der Waals surface area contributed by atoms with E-state index in [1.807, 2.05) is 0 Å². The van der Waals surface area contributed by atoms with Crippen LogP contribution in [0.5, 0.6) is 0 Å². The minimum atomic E-state index is 0.494. The normalized spacial score (nSPS) is 12.8. The first-order chi connectivity index (χ1) is 11.0. The molecule has 1 heteroatoms. The molecule has 1 N–H and O–H groups in total. The van der Waals surface area contributed by atoms with Crippen LogP contribution in [-0.4, -0.2) is 12.6 Å². The van der Waals surface area contributed by atoms with Gasteiger partial charge in [-0.05, 0) is 69.2 Å². The molecule has 144 valence electrons. The molecule has 0 saturated carbocycles. The first-order valence-electron chi connectivity index (χ1n) is 10.4. The highest BCUT2D eigenvalue weighted by Crippen LogP contribution is 2.35. The zero-order valence-corrected chi connectivity index (χ0v) is 18.1. The molecule has 0 heterocycles. The number of unbranched alkanes of at least 4 members (excludes halogenated alkanes) is 2. The standard InChI is InChI=1S/C23H47N/c1-20(2)14-12-16-23(7,8)18-13-17-22(5,6)15-10-9-11-19-24-21(3)4/h21,24H,1,9-19H2,2-8H3. The molecule has 0 aliphatic carbocycles. The molecule has 0 aromatic heterocycles. The second-order valence-electron chi connectivity index (χ2n) is 9.91. The van der Waals surface area contributed by atoms with Gasteiger partial charge in [0.1, 0.15) is 0 Å². The van der Waals surface area contributed by atoms with E-state index in [4.69, 9.17) is 0 Å².